The summed E-state index contributed by atoms with van der Waals surface area (Å²) in [6.07, 6.45) is 3.55. The summed E-state index contributed by atoms with van der Waals surface area (Å²) in [5.41, 5.74) is 1.13. The summed E-state index contributed by atoms with van der Waals surface area (Å²) in [5.74, 6) is 2.58. The maximum Gasteiger partial charge on any atom is 0.237 e. The number of carbonyl (C=O) groups excluding carboxylic acids is 1. The molecule has 0 spiro atoms. The number of ether oxygens (including phenoxy) is 2. The molecule has 0 bridgehead atoms. The van der Waals surface area contributed by atoms with Gasteiger partial charge >= 0.3 is 0 Å². The molecule has 0 saturated carbocycles. The molecule has 5 rings (SSSR count). The smallest absolute Gasteiger partial charge is 0.237 e. The fourth-order valence-electron chi connectivity index (χ4n) is 4.43. The quantitative estimate of drug-likeness (QED) is 0.824. The van der Waals surface area contributed by atoms with Gasteiger partial charge in [0.2, 0.25) is 11.9 Å². The normalized spacial score (nSPS) is 22.1. The van der Waals surface area contributed by atoms with Gasteiger partial charge in [-0.2, -0.15) is 10.1 Å². The topological polar surface area (TPSA) is 86.8 Å². The lowest BCUT2D eigenvalue weighted by atomic mass is 10.0. The van der Waals surface area contributed by atoms with Gasteiger partial charge in [-0.25, -0.2) is 5.10 Å². The fourth-order valence-corrected chi connectivity index (χ4v) is 4.43. The van der Waals surface area contributed by atoms with E-state index >= 15 is 0 Å². The second-order valence-electron chi connectivity index (χ2n) is 7.72. The Morgan fingerprint density at radius 2 is 1.93 bits per heavy atom. The third kappa shape index (κ3) is 3.74. The number of hydrogen-bond acceptors (Lipinski definition) is 7. The number of benzene rings is 1. The number of likely N-dealkylation sites (tertiary alicyclic amines) is 1. The van der Waals surface area contributed by atoms with Crippen molar-refractivity contribution < 1.29 is 14.3 Å². The van der Waals surface area contributed by atoms with E-state index in [1.807, 2.05) is 17.0 Å². The minimum atomic E-state index is 0.119. The summed E-state index contributed by atoms with van der Waals surface area (Å²) in [7, 11) is 0. The molecule has 3 aliphatic heterocycles. The van der Waals surface area contributed by atoms with Crippen LogP contribution in [0.15, 0.2) is 24.5 Å². The number of fused-ring (bicyclic) bond motifs is 1. The van der Waals surface area contributed by atoms with Gasteiger partial charge in [0.1, 0.15) is 19.5 Å². The van der Waals surface area contributed by atoms with Gasteiger partial charge in [-0.15, -0.1) is 0 Å². The van der Waals surface area contributed by atoms with Crippen molar-refractivity contribution >= 4 is 11.9 Å². The van der Waals surface area contributed by atoms with Crippen LogP contribution in [0.4, 0.5) is 5.95 Å². The van der Waals surface area contributed by atoms with Crippen molar-refractivity contribution in [2.45, 2.75) is 18.9 Å². The van der Waals surface area contributed by atoms with Crippen molar-refractivity contribution in [1.29, 1.82) is 0 Å². The Morgan fingerprint density at radius 3 is 2.72 bits per heavy atom. The van der Waals surface area contributed by atoms with E-state index in [0.717, 1.165) is 68.6 Å². The zero-order chi connectivity index (χ0) is 19.6. The van der Waals surface area contributed by atoms with E-state index in [1.54, 1.807) is 0 Å². The number of aromatic nitrogens is 3. The Kier molecular flexibility index (Phi) is 4.97. The molecule has 1 amide bonds. The van der Waals surface area contributed by atoms with Crippen molar-refractivity contribution in [1.82, 2.24) is 25.0 Å². The molecule has 2 saturated heterocycles. The zero-order valence-corrected chi connectivity index (χ0v) is 16.4. The lowest BCUT2D eigenvalue weighted by Crippen LogP contribution is -2.50. The Bertz CT molecular complexity index is 850. The number of piperazine rings is 1. The first-order valence-corrected chi connectivity index (χ1v) is 10.3. The third-order valence-electron chi connectivity index (χ3n) is 5.96. The summed E-state index contributed by atoms with van der Waals surface area (Å²) in [4.78, 5) is 23.7. The first kappa shape index (κ1) is 18.2. The predicted molar refractivity (Wildman–Crippen MR) is 106 cm³/mol. The number of rotatable bonds is 4. The Morgan fingerprint density at radius 1 is 1.10 bits per heavy atom. The number of amides is 1. The van der Waals surface area contributed by atoms with Crippen LogP contribution in [-0.2, 0) is 4.79 Å². The summed E-state index contributed by atoms with van der Waals surface area (Å²) in [6, 6.07) is 6.20. The molecule has 1 unspecified atom stereocenters. The number of carbonyl (C=O) groups is 1. The Labute approximate surface area is 169 Å². The van der Waals surface area contributed by atoms with Crippen molar-refractivity contribution in [3.8, 4) is 11.5 Å². The van der Waals surface area contributed by atoms with Gasteiger partial charge in [-0.1, -0.05) is 6.07 Å². The van der Waals surface area contributed by atoms with Gasteiger partial charge in [-0.3, -0.25) is 9.69 Å². The molecule has 9 heteroatoms. The van der Waals surface area contributed by atoms with Crippen LogP contribution in [0, 0.1) is 0 Å². The van der Waals surface area contributed by atoms with E-state index in [4.69, 9.17) is 9.47 Å². The van der Waals surface area contributed by atoms with Crippen molar-refractivity contribution in [3.05, 3.63) is 30.1 Å². The molecule has 1 aromatic heterocycles. The van der Waals surface area contributed by atoms with Crippen LogP contribution in [0.25, 0.3) is 0 Å². The van der Waals surface area contributed by atoms with Crippen LogP contribution in [0.1, 0.15) is 24.4 Å². The second kappa shape index (κ2) is 7.90. The van der Waals surface area contributed by atoms with Crippen LogP contribution in [0.5, 0.6) is 11.5 Å². The van der Waals surface area contributed by atoms with E-state index in [-0.39, 0.29) is 11.9 Å². The van der Waals surface area contributed by atoms with Crippen LogP contribution < -0.4 is 14.4 Å². The van der Waals surface area contributed by atoms with Crippen LogP contribution >= 0.6 is 0 Å². The summed E-state index contributed by atoms with van der Waals surface area (Å²) < 4.78 is 11.4. The van der Waals surface area contributed by atoms with Crippen molar-refractivity contribution in [2.24, 2.45) is 0 Å². The maximum absolute atomic E-state index is 13.1. The van der Waals surface area contributed by atoms with E-state index in [2.05, 4.69) is 31.0 Å². The molecule has 1 atom stereocenters. The number of nitrogens with one attached hydrogen (secondary N) is 1. The van der Waals surface area contributed by atoms with Gasteiger partial charge in [0.05, 0.1) is 12.6 Å². The third-order valence-corrected chi connectivity index (χ3v) is 5.96. The molecule has 2 aromatic rings. The molecular weight excluding hydrogens is 372 g/mol. The van der Waals surface area contributed by atoms with Crippen LogP contribution in [0.2, 0.25) is 0 Å². The lowest BCUT2D eigenvalue weighted by molar-refractivity contribution is -0.133. The molecule has 0 aliphatic carbocycles. The van der Waals surface area contributed by atoms with Gasteiger partial charge in [-0.05, 0) is 30.5 Å². The monoisotopic (exact) mass is 398 g/mol. The molecule has 1 N–H and O–H groups in total. The van der Waals surface area contributed by atoms with Gasteiger partial charge < -0.3 is 19.3 Å². The number of anilines is 1. The molecule has 2 fully saturated rings. The maximum atomic E-state index is 13.1. The van der Waals surface area contributed by atoms with E-state index in [1.165, 1.54) is 6.33 Å². The van der Waals surface area contributed by atoms with E-state index in [9.17, 15) is 4.79 Å². The van der Waals surface area contributed by atoms with Gasteiger partial charge in [0, 0.05) is 32.7 Å². The number of H-pyrrole nitrogens is 1. The van der Waals surface area contributed by atoms with E-state index in [0.29, 0.717) is 19.8 Å². The first-order chi connectivity index (χ1) is 14.3. The fraction of sp³-hybridized carbons (Fsp3) is 0.550. The minimum Gasteiger partial charge on any atom is -0.486 e. The highest BCUT2D eigenvalue weighted by Gasteiger charge is 2.32. The molecule has 0 radical (unpaired) electrons. The lowest BCUT2D eigenvalue weighted by Gasteiger charge is -2.35. The SMILES string of the molecule is O=C(CN1CCN(c2ncn[nH]2)CC1)N1CCCC1c1ccc2c(c1)OCCO2. The standard InChI is InChI=1S/C20H26N6O3/c27-19(13-24-6-8-25(9-7-24)20-21-14-22-23-20)26-5-1-2-16(26)15-3-4-17-18(12-15)29-11-10-28-17/h3-4,12,14,16H,1-2,5-11,13H2,(H,21,22,23). The Hall–Kier alpha value is -2.81. The molecule has 29 heavy (non-hydrogen) atoms. The average molecular weight is 398 g/mol. The summed E-state index contributed by atoms with van der Waals surface area (Å²) >= 11 is 0. The first-order valence-electron chi connectivity index (χ1n) is 10.3. The van der Waals surface area contributed by atoms with Crippen molar-refractivity contribution in [2.75, 3.05) is 57.4 Å². The molecule has 4 heterocycles. The highest BCUT2D eigenvalue weighted by atomic mass is 16.6. The molecular formula is C20H26N6O3. The molecule has 3 aliphatic rings. The molecule has 9 nitrogen and oxygen atoms in total. The van der Waals surface area contributed by atoms with Crippen LogP contribution in [0.3, 0.4) is 0 Å². The minimum absolute atomic E-state index is 0.119. The van der Waals surface area contributed by atoms with Gasteiger partial charge in [0.25, 0.3) is 0 Å². The van der Waals surface area contributed by atoms with E-state index < -0.39 is 0 Å². The van der Waals surface area contributed by atoms with Crippen molar-refractivity contribution in [3.63, 3.8) is 0 Å². The summed E-state index contributed by atoms with van der Waals surface area (Å²) in [6.45, 7) is 5.81. The second-order valence-corrected chi connectivity index (χ2v) is 7.72. The van der Waals surface area contributed by atoms with Gasteiger partial charge in [0.15, 0.2) is 11.5 Å². The summed E-state index contributed by atoms with van der Waals surface area (Å²) in [5, 5.41) is 6.82. The highest BCUT2D eigenvalue weighted by molar-refractivity contribution is 5.79. The zero-order valence-electron chi connectivity index (χ0n) is 16.4. The molecule has 154 valence electrons. The molecule has 1 aromatic carbocycles. The Balaban J connectivity index is 1.21. The average Bonchev–Trinajstić information content (AvgIpc) is 3.46. The number of nitrogens with zero attached hydrogens (tertiary/aromatic N) is 5. The predicted octanol–water partition coefficient (Wildman–Crippen LogP) is 1.06. The number of hydrogen-bond donors (Lipinski definition) is 1. The highest BCUT2D eigenvalue weighted by Crippen LogP contribution is 2.38. The largest absolute Gasteiger partial charge is 0.486 e. The number of aromatic amines is 1. The van der Waals surface area contributed by atoms with Crippen LogP contribution in [-0.4, -0.2) is 83.4 Å².